The van der Waals surface area contributed by atoms with Gasteiger partial charge in [-0.15, -0.1) is 12.3 Å². The minimum Gasteiger partial charge on any atom is -0.447 e. The van der Waals surface area contributed by atoms with Gasteiger partial charge in [-0.1, -0.05) is 48.2 Å². The minimum absolute atomic E-state index is 0.0737. The zero-order chi connectivity index (χ0) is 44.4. The van der Waals surface area contributed by atoms with E-state index in [4.69, 9.17) is 25.4 Å². The molecule has 2 aromatic carbocycles. The van der Waals surface area contributed by atoms with Crippen molar-refractivity contribution in [2.45, 2.75) is 118 Å². The first-order valence-corrected chi connectivity index (χ1v) is 22.5. The van der Waals surface area contributed by atoms with Crippen LogP contribution in [0.15, 0.2) is 47.7 Å². The molecule has 334 valence electrons. The highest BCUT2D eigenvalue weighted by Crippen LogP contribution is 2.45. The van der Waals surface area contributed by atoms with Gasteiger partial charge in [0.1, 0.15) is 19.0 Å². The molecular weight excluding hydrogens is 826 g/mol. The topological polar surface area (TPSA) is 138 Å². The molecule has 2 aromatic rings. The second kappa shape index (κ2) is 20.5. The van der Waals surface area contributed by atoms with E-state index in [2.05, 4.69) is 56.9 Å². The van der Waals surface area contributed by atoms with Crippen molar-refractivity contribution < 1.29 is 54.3 Å². The van der Waals surface area contributed by atoms with E-state index in [-0.39, 0.29) is 35.3 Å². The number of methoxy groups -OCH3 is 2. The molecule has 6 aliphatic rings. The summed E-state index contributed by atoms with van der Waals surface area (Å²) in [6, 6.07) is 12.5. The van der Waals surface area contributed by atoms with Gasteiger partial charge >= 0.3 is 27.8 Å². The van der Waals surface area contributed by atoms with Gasteiger partial charge in [0.05, 0.1) is 11.1 Å². The molecule has 2 aliphatic heterocycles. The monoisotopic (exact) mass is 880 g/mol. The Balaban J connectivity index is 0.000000180. The Hall–Kier alpha value is -4.96. The summed E-state index contributed by atoms with van der Waals surface area (Å²) >= 11 is 0. The largest absolute Gasteiger partial charge is 0.534 e. The summed E-state index contributed by atoms with van der Waals surface area (Å²) in [5, 5.41) is 5.93. The van der Waals surface area contributed by atoms with Crippen molar-refractivity contribution >= 4 is 34.5 Å². The van der Waals surface area contributed by atoms with Crippen LogP contribution in [0.4, 0.5) is 22.8 Å². The quantitative estimate of drug-likeness (QED) is 0.104. The third-order valence-corrected chi connectivity index (χ3v) is 13.2. The molecule has 2 spiro atoms. The molecule has 11 nitrogen and oxygen atoms in total. The molecule has 0 bridgehead atoms. The number of fused-ring (bicyclic) bond motifs is 2. The van der Waals surface area contributed by atoms with Crippen LogP contribution in [0.2, 0.25) is 0 Å². The highest BCUT2D eigenvalue weighted by atomic mass is 32.2. The molecule has 2 heterocycles. The van der Waals surface area contributed by atoms with Crippen LogP contribution >= 0.6 is 0 Å². The molecule has 0 aromatic heterocycles. The van der Waals surface area contributed by atoms with E-state index in [0.29, 0.717) is 31.1 Å². The van der Waals surface area contributed by atoms with E-state index in [9.17, 15) is 31.2 Å². The second-order valence-electron chi connectivity index (χ2n) is 16.7. The van der Waals surface area contributed by atoms with E-state index in [1.807, 2.05) is 12.1 Å². The molecule has 0 radical (unpaired) electrons. The van der Waals surface area contributed by atoms with E-state index < -0.39 is 21.7 Å². The van der Waals surface area contributed by atoms with Gasteiger partial charge in [0.25, 0.3) is 0 Å². The van der Waals surface area contributed by atoms with Crippen LogP contribution in [0.1, 0.15) is 122 Å². The van der Waals surface area contributed by atoms with Gasteiger partial charge in [0.15, 0.2) is 0 Å². The Kier molecular flexibility index (Phi) is 15.4. The van der Waals surface area contributed by atoms with Crippen LogP contribution in [0.25, 0.3) is 12.2 Å². The molecule has 2 amide bonds. The Bertz CT molecular complexity index is 2240. The van der Waals surface area contributed by atoms with Crippen molar-refractivity contribution in [3.63, 3.8) is 0 Å². The summed E-state index contributed by atoms with van der Waals surface area (Å²) in [6.45, 7) is 2.44. The number of alkyl carbamates (subject to hydrolysis) is 2. The van der Waals surface area contributed by atoms with Crippen molar-refractivity contribution in [2.75, 3.05) is 40.6 Å². The number of hydrogen-bond donors (Lipinski definition) is 2. The zero-order valence-corrected chi connectivity index (χ0v) is 36.1. The molecule has 4 atom stereocenters. The Morgan fingerprint density at radius 3 is 1.82 bits per heavy atom. The fourth-order valence-electron chi connectivity index (χ4n) is 8.95. The number of nitrogens with one attached hydrogen (secondary N) is 2. The predicted molar refractivity (Wildman–Crippen MR) is 228 cm³/mol. The number of unbranched alkanes of at least 4 members (excludes halogenated alkanes) is 2. The summed E-state index contributed by atoms with van der Waals surface area (Å²) in [7, 11) is -2.25. The molecule has 2 saturated heterocycles. The molecule has 62 heavy (non-hydrogen) atoms. The van der Waals surface area contributed by atoms with Crippen LogP contribution in [0.5, 0.6) is 0 Å². The lowest BCUT2D eigenvalue weighted by atomic mass is 9.87. The van der Waals surface area contributed by atoms with E-state index in [1.165, 1.54) is 28.3 Å². The lowest BCUT2D eigenvalue weighted by Crippen LogP contribution is -2.40. The van der Waals surface area contributed by atoms with Crippen LogP contribution < -0.4 is 10.6 Å². The first-order chi connectivity index (χ1) is 29.7. The summed E-state index contributed by atoms with van der Waals surface area (Å²) < 4.78 is 84.1. The molecule has 2 saturated carbocycles. The van der Waals surface area contributed by atoms with E-state index in [0.717, 1.165) is 101 Å². The number of carbonyl (C=O) groups excluding carboxylic acids is 2. The number of ether oxygens (including phenoxy) is 4. The summed E-state index contributed by atoms with van der Waals surface area (Å²) in [5.74, 6) is 9.65. The van der Waals surface area contributed by atoms with Gasteiger partial charge in [-0.2, -0.15) is 21.6 Å². The first-order valence-electron chi connectivity index (χ1n) is 21.1. The first kappa shape index (κ1) is 46.5. The van der Waals surface area contributed by atoms with Gasteiger partial charge in [0.2, 0.25) is 0 Å². The second-order valence-corrected chi connectivity index (χ2v) is 18.3. The third kappa shape index (κ3) is 11.9. The van der Waals surface area contributed by atoms with Gasteiger partial charge in [-0.25, -0.2) is 9.59 Å². The fraction of sp³-hybridized carbons (Fsp3) is 0.532. The van der Waals surface area contributed by atoms with Crippen molar-refractivity contribution in [2.24, 2.45) is 0 Å². The summed E-state index contributed by atoms with van der Waals surface area (Å²) in [5.41, 5.74) is 2.13. The molecule has 2 N–H and O–H groups in total. The zero-order valence-electron chi connectivity index (χ0n) is 35.3. The maximum absolute atomic E-state index is 12.5. The number of terminal acetylenes is 1. The van der Waals surface area contributed by atoms with Gasteiger partial charge in [0, 0.05) is 52.3 Å². The van der Waals surface area contributed by atoms with E-state index >= 15 is 0 Å². The van der Waals surface area contributed by atoms with Crippen molar-refractivity contribution in [3.8, 4) is 24.2 Å². The smallest absolute Gasteiger partial charge is 0.447 e. The highest BCUT2D eigenvalue weighted by Gasteiger charge is 2.49. The Morgan fingerprint density at radius 2 is 1.32 bits per heavy atom. The molecule has 4 fully saturated rings. The van der Waals surface area contributed by atoms with Crippen molar-refractivity contribution in [3.05, 3.63) is 81.1 Å². The summed E-state index contributed by atoms with van der Waals surface area (Å²) in [4.78, 5) is 22.8. The number of rotatable bonds is 10. The lowest BCUT2D eigenvalue weighted by Gasteiger charge is -2.22. The number of aryl methyl sites for hydroxylation is 2. The van der Waals surface area contributed by atoms with Crippen LogP contribution in [0.3, 0.4) is 0 Å². The van der Waals surface area contributed by atoms with Crippen molar-refractivity contribution in [1.82, 2.24) is 10.6 Å². The van der Waals surface area contributed by atoms with Crippen LogP contribution in [-0.4, -0.2) is 77.8 Å². The van der Waals surface area contributed by atoms with E-state index in [1.54, 1.807) is 20.3 Å². The van der Waals surface area contributed by atoms with Gasteiger partial charge in [-0.05, 0) is 128 Å². The normalized spacial score (nSPS) is 24.5. The Labute approximate surface area is 362 Å². The number of alkyl halides is 3. The SMILES string of the molecule is C#CCCCOC.COCCCC#CC1=Cc2ccc(C3CC[C@]4(COC(=O)N4)C3)cc2CC1.O=C1N[C@@]2(CCC(c3ccc4c(c3)CCC(OS(=O)(=O)C(F)(F)F)=C4)C2)CO1. The third-order valence-electron chi connectivity index (χ3n) is 12.2. The average molecular weight is 881 g/mol. The Morgan fingerprint density at radius 1 is 0.790 bits per heavy atom. The van der Waals surface area contributed by atoms with Crippen molar-refractivity contribution in [1.29, 1.82) is 0 Å². The number of allylic oxidation sites excluding steroid dienone is 2. The maximum Gasteiger partial charge on any atom is 0.534 e. The number of hydrogen-bond acceptors (Lipinski definition) is 9. The molecule has 4 aliphatic carbocycles. The minimum atomic E-state index is -5.65. The van der Waals surface area contributed by atoms with Crippen LogP contribution in [-0.2, 0) is 46.1 Å². The maximum atomic E-state index is 12.5. The number of carbonyl (C=O) groups is 2. The highest BCUT2D eigenvalue weighted by molar-refractivity contribution is 7.87. The van der Waals surface area contributed by atoms with Gasteiger partial charge in [-0.3, -0.25) is 0 Å². The number of cyclic esters (lactones) is 2. The number of benzene rings is 2. The number of halogens is 3. The lowest BCUT2D eigenvalue weighted by molar-refractivity contribution is -0.0523. The molecule has 15 heteroatoms. The average Bonchev–Trinajstić information content (AvgIpc) is 4.05. The number of amides is 2. The predicted octanol–water partition coefficient (Wildman–Crippen LogP) is 8.82. The standard InChI is InChI=1S/C23H27NO3.C18H18F3NO5S.C6H10O/c1-26-12-4-2-3-5-17-6-7-19-14-20(9-8-18(19)13-17)21-10-11-23(15-21)16-27-22(25)24-23;19-18(20,21)28(24,25)27-15-4-3-11-7-12(1-2-13(11)8-15)14-5-6-17(9-14)10-26-16(23)22-17;1-3-4-5-6-7-2/h8-9,13-14,21H,2,4,6-7,10-12,15-16H2,1H3,(H,24,25);1-2,7-8,14H,3-6,9-10H2,(H,22,23);1H,4-6H2,2H3/t21?,23-;14?,17-;/m11./s1. The van der Waals surface area contributed by atoms with Gasteiger partial charge < -0.3 is 33.8 Å². The molecule has 8 rings (SSSR count). The fourth-order valence-corrected chi connectivity index (χ4v) is 9.46. The molecular formula is C47H55F3N2O9S. The summed E-state index contributed by atoms with van der Waals surface area (Å²) in [6.07, 6.45) is 19.7. The molecule has 2 unspecified atom stereocenters. The van der Waals surface area contributed by atoms with Crippen LogP contribution in [0, 0.1) is 24.2 Å².